The zero-order valence-electron chi connectivity index (χ0n) is 7.95. The molecule has 0 aliphatic heterocycles. The number of carboxylic acids is 1. The molecule has 1 aromatic carbocycles. The number of aliphatic carboxylic acids is 1. The maximum atomic E-state index is 10.6. The molecule has 72 valence electrons. The fourth-order valence-electron chi connectivity index (χ4n) is 1.43. The van der Waals surface area contributed by atoms with E-state index < -0.39 is 5.97 Å². The SMILES string of the molecule is CCc1cccc(C#N)c1CC(=O)O. The summed E-state index contributed by atoms with van der Waals surface area (Å²) in [5, 5.41) is 17.5. The summed E-state index contributed by atoms with van der Waals surface area (Å²) in [4.78, 5) is 10.6. The minimum Gasteiger partial charge on any atom is -0.481 e. The highest BCUT2D eigenvalue weighted by Gasteiger charge is 2.10. The maximum Gasteiger partial charge on any atom is 0.307 e. The third-order valence-electron chi connectivity index (χ3n) is 2.10. The van der Waals surface area contributed by atoms with E-state index in [1.807, 2.05) is 19.1 Å². The van der Waals surface area contributed by atoms with Crippen LogP contribution in [0.2, 0.25) is 0 Å². The van der Waals surface area contributed by atoms with Gasteiger partial charge in [0.25, 0.3) is 0 Å². The average molecular weight is 189 g/mol. The van der Waals surface area contributed by atoms with Crippen molar-refractivity contribution in [2.75, 3.05) is 0 Å². The van der Waals surface area contributed by atoms with Crippen molar-refractivity contribution in [1.29, 1.82) is 5.26 Å². The van der Waals surface area contributed by atoms with Crippen LogP contribution in [0.25, 0.3) is 0 Å². The van der Waals surface area contributed by atoms with Crippen molar-refractivity contribution in [3.8, 4) is 6.07 Å². The molecule has 3 heteroatoms. The van der Waals surface area contributed by atoms with Crippen molar-refractivity contribution in [2.24, 2.45) is 0 Å². The quantitative estimate of drug-likeness (QED) is 0.787. The van der Waals surface area contributed by atoms with Gasteiger partial charge in [-0.1, -0.05) is 19.1 Å². The zero-order chi connectivity index (χ0) is 10.6. The Morgan fingerprint density at radius 3 is 2.79 bits per heavy atom. The summed E-state index contributed by atoms with van der Waals surface area (Å²) in [6.07, 6.45) is 0.672. The first-order valence-electron chi connectivity index (χ1n) is 4.41. The van der Waals surface area contributed by atoms with Crippen molar-refractivity contribution < 1.29 is 9.90 Å². The van der Waals surface area contributed by atoms with Crippen LogP contribution >= 0.6 is 0 Å². The highest BCUT2D eigenvalue weighted by molar-refractivity contribution is 5.72. The van der Waals surface area contributed by atoms with Crippen molar-refractivity contribution in [3.63, 3.8) is 0 Å². The van der Waals surface area contributed by atoms with Gasteiger partial charge in [-0.25, -0.2) is 0 Å². The Labute approximate surface area is 82.6 Å². The number of carboxylic acid groups (broad SMARTS) is 1. The van der Waals surface area contributed by atoms with E-state index in [9.17, 15) is 4.79 Å². The van der Waals surface area contributed by atoms with Gasteiger partial charge < -0.3 is 5.11 Å². The van der Waals surface area contributed by atoms with Crippen LogP contribution in [0.5, 0.6) is 0 Å². The minimum absolute atomic E-state index is 0.0765. The van der Waals surface area contributed by atoms with Gasteiger partial charge >= 0.3 is 5.97 Å². The molecule has 0 saturated heterocycles. The van der Waals surface area contributed by atoms with Crippen molar-refractivity contribution >= 4 is 5.97 Å². The van der Waals surface area contributed by atoms with E-state index in [-0.39, 0.29) is 6.42 Å². The number of aryl methyl sites for hydroxylation is 1. The third-order valence-corrected chi connectivity index (χ3v) is 2.10. The second kappa shape index (κ2) is 4.43. The minimum atomic E-state index is -0.901. The molecule has 0 atom stereocenters. The molecule has 0 aromatic heterocycles. The lowest BCUT2D eigenvalue weighted by molar-refractivity contribution is -0.136. The molecule has 1 rings (SSSR count). The molecule has 14 heavy (non-hydrogen) atoms. The third kappa shape index (κ3) is 2.11. The Kier molecular flexibility index (Phi) is 3.24. The number of benzene rings is 1. The number of nitriles is 1. The summed E-state index contributed by atoms with van der Waals surface area (Å²) in [7, 11) is 0. The first kappa shape index (κ1) is 10.3. The van der Waals surface area contributed by atoms with Crippen molar-refractivity contribution in [1.82, 2.24) is 0 Å². The van der Waals surface area contributed by atoms with Crippen LogP contribution in [-0.4, -0.2) is 11.1 Å². The van der Waals surface area contributed by atoms with Gasteiger partial charge in [-0.05, 0) is 23.6 Å². The number of rotatable bonds is 3. The first-order valence-corrected chi connectivity index (χ1v) is 4.41. The van der Waals surface area contributed by atoms with Gasteiger partial charge in [0.05, 0.1) is 18.1 Å². The number of hydrogen-bond donors (Lipinski definition) is 1. The molecule has 0 saturated carbocycles. The van der Waals surface area contributed by atoms with E-state index in [4.69, 9.17) is 10.4 Å². The predicted octanol–water partition coefficient (Wildman–Crippen LogP) is 1.75. The fraction of sp³-hybridized carbons (Fsp3) is 0.273. The number of carbonyl (C=O) groups is 1. The topological polar surface area (TPSA) is 61.1 Å². The van der Waals surface area contributed by atoms with Gasteiger partial charge in [0.15, 0.2) is 0 Å². The van der Waals surface area contributed by atoms with Gasteiger partial charge in [-0.3, -0.25) is 4.79 Å². The largest absolute Gasteiger partial charge is 0.481 e. The van der Waals surface area contributed by atoms with Crippen LogP contribution < -0.4 is 0 Å². The van der Waals surface area contributed by atoms with Gasteiger partial charge in [0.1, 0.15) is 0 Å². The number of hydrogen-bond acceptors (Lipinski definition) is 2. The molecular formula is C11H11NO2. The van der Waals surface area contributed by atoms with Crippen LogP contribution in [-0.2, 0) is 17.6 Å². The van der Waals surface area contributed by atoms with Crippen LogP contribution in [0.3, 0.4) is 0 Å². The molecule has 0 spiro atoms. The summed E-state index contributed by atoms with van der Waals surface area (Å²) in [5.74, 6) is -0.901. The van der Waals surface area contributed by atoms with Crippen LogP contribution in [0.4, 0.5) is 0 Å². The molecular weight excluding hydrogens is 178 g/mol. The molecule has 0 unspecified atom stereocenters. The molecule has 0 amide bonds. The summed E-state index contributed by atoms with van der Waals surface area (Å²) >= 11 is 0. The first-order chi connectivity index (χ1) is 6.69. The van der Waals surface area contributed by atoms with E-state index in [0.717, 1.165) is 12.0 Å². The summed E-state index contributed by atoms with van der Waals surface area (Å²) < 4.78 is 0. The lowest BCUT2D eigenvalue weighted by atomic mass is 9.97. The summed E-state index contributed by atoms with van der Waals surface area (Å²) in [5.41, 5.74) is 2.04. The standard InChI is InChI=1S/C11H11NO2/c1-2-8-4-3-5-9(7-12)10(8)6-11(13)14/h3-5H,2,6H2,1H3,(H,13,14). The lowest BCUT2D eigenvalue weighted by Crippen LogP contribution is -2.05. The smallest absolute Gasteiger partial charge is 0.307 e. The fourth-order valence-corrected chi connectivity index (χ4v) is 1.43. The van der Waals surface area contributed by atoms with Gasteiger partial charge in [-0.15, -0.1) is 0 Å². The average Bonchev–Trinajstić information content (AvgIpc) is 2.17. The van der Waals surface area contributed by atoms with Crippen LogP contribution in [0, 0.1) is 11.3 Å². The van der Waals surface area contributed by atoms with Gasteiger partial charge in [-0.2, -0.15) is 5.26 Å². The van der Waals surface area contributed by atoms with E-state index in [1.54, 1.807) is 12.1 Å². The Hall–Kier alpha value is -1.82. The predicted molar refractivity (Wildman–Crippen MR) is 51.9 cm³/mol. The second-order valence-corrected chi connectivity index (χ2v) is 2.98. The molecule has 1 aromatic rings. The Morgan fingerprint density at radius 1 is 1.57 bits per heavy atom. The normalized spacial score (nSPS) is 9.43. The lowest BCUT2D eigenvalue weighted by Gasteiger charge is -2.06. The Morgan fingerprint density at radius 2 is 2.29 bits per heavy atom. The van der Waals surface area contributed by atoms with Crippen LogP contribution in [0.15, 0.2) is 18.2 Å². The maximum absolute atomic E-state index is 10.6. The Balaban J connectivity index is 3.20. The molecule has 0 bridgehead atoms. The monoisotopic (exact) mass is 189 g/mol. The molecule has 0 aliphatic carbocycles. The second-order valence-electron chi connectivity index (χ2n) is 2.98. The molecule has 0 fully saturated rings. The molecule has 3 nitrogen and oxygen atoms in total. The van der Waals surface area contributed by atoms with Crippen molar-refractivity contribution in [2.45, 2.75) is 19.8 Å². The highest BCUT2D eigenvalue weighted by atomic mass is 16.4. The highest BCUT2D eigenvalue weighted by Crippen LogP contribution is 2.15. The van der Waals surface area contributed by atoms with E-state index in [1.165, 1.54) is 0 Å². The van der Waals surface area contributed by atoms with E-state index in [0.29, 0.717) is 11.1 Å². The summed E-state index contributed by atoms with van der Waals surface area (Å²) in [6, 6.07) is 7.30. The van der Waals surface area contributed by atoms with Gasteiger partial charge in [0.2, 0.25) is 0 Å². The van der Waals surface area contributed by atoms with E-state index in [2.05, 4.69) is 0 Å². The van der Waals surface area contributed by atoms with Crippen LogP contribution in [0.1, 0.15) is 23.6 Å². The molecule has 1 N–H and O–H groups in total. The van der Waals surface area contributed by atoms with Gasteiger partial charge in [0, 0.05) is 0 Å². The Bertz CT molecular complexity index is 391. The van der Waals surface area contributed by atoms with E-state index >= 15 is 0 Å². The molecule has 0 radical (unpaired) electrons. The number of nitrogens with zero attached hydrogens (tertiary/aromatic N) is 1. The molecule has 0 heterocycles. The zero-order valence-corrected chi connectivity index (χ0v) is 7.95. The van der Waals surface area contributed by atoms with Crippen molar-refractivity contribution in [3.05, 3.63) is 34.9 Å². The summed E-state index contributed by atoms with van der Waals surface area (Å²) in [6.45, 7) is 1.95. The molecule has 0 aliphatic rings.